The van der Waals surface area contributed by atoms with Gasteiger partial charge in [-0.05, 0) is 15.9 Å². The van der Waals surface area contributed by atoms with Crippen molar-refractivity contribution < 1.29 is 4.79 Å². The van der Waals surface area contributed by atoms with Gasteiger partial charge in [-0.25, -0.2) is 9.97 Å². The molecule has 5 nitrogen and oxygen atoms in total. The van der Waals surface area contributed by atoms with Gasteiger partial charge in [0.05, 0.1) is 6.20 Å². The zero-order valence-corrected chi connectivity index (χ0v) is 9.99. The van der Waals surface area contributed by atoms with E-state index in [9.17, 15) is 4.79 Å². The van der Waals surface area contributed by atoms with Crippen LogP contribution in [0.3, 0.4) is 0 Å². The third-order valence-electron chi connectivity index (χ3n) is 2.09. The Morgan fingerprint density at radius 3 is 2.93 bits per heavy atom. The van der Waals surface area contributed by atoms with E-state index >= 15 is 0 Å². The van der Waals surface area contributed by atoms with Crippen LogP contribution >= 0.6 is 27.5 Å². The summed E-state index contributed by atoms with van der Waals surface area (Å²) < 4.78 is 0.534. The first kappa shape index (κ1) is 10.8. The van der Waals surface area contributed by atoms with Crippen LogP contribution < -0.4 is 10.6 Å². The number of nitrogens with two attached hydrogens (primary N) is 1. The Morgan fingerprint density at radius 2 is 2.40 bits per heavy atom. The molecular formula is C8H8BrClN4O. The zero-order valence-electron chi connectivity index (χ0n) is 7.65. The van der Waals surface area contributed by atoms with Crippen molar-refractivity contribution in [1.29, 1.82) is 0 Å². The SMILES string of the molecule is NC1CC(=O)N(c2ncc(Br)nc2Cl)C1. The minimum atomic E-state index is -0.154. The number of halogens is 2. The summed E-state index contributed by atoms with van der Waals surface area (Å²) >= 11 is 9.03. The van der Waals surface area contributed by atoms with Crippen molar-refractivity contribution in [2.24, 2.45) is 5.73 Å². The summed E-state index contributed by atoms with van der Waals surface area (Å²) in [6, 6.07) is -0.154. The molecule has 1 amide bonds. The van der Waals surface area contributed by atoms with E-state index in [4.69, 9.17) is 17.3 Å². The summed E-state index contributed by atoms with van der Waals surface area (Å²) in [4.78, 5) is 21.0. The van der Waals surface area contributed by atoms with Crippen LogP contribution in [0.25, 0.3) is 0 Å². The molecule has 80 valence electrons. The summed E-state index contributed by atoms with van der Waals surface area (Å²) in [6.45, 7) is 0.439. The maximum Gasteiger partial charge on any atom is 0.229 e. The van der Waals surface area contributed by atoms with Crippen molar-refractivity contribution in [3.8, 4) is 0 Å². The summed E-state index contributed by atoms with van der Waals surface area (Å²) in [7, 11) is 0. The summed E-state index contributed by atoms with van der Waals surface area (Å²) in [5, 5.41) is 0.201. The fourth-order valence-corrected chi connectivity index (χ4v) is 2.08. The smallest absolute Gasteiger partial charge is 0.229 e. The van der Waals surface area contributed by atoms with E-state index in [0.717, 1.165) is 0 Å². The molecule has 7 heteroatoms. The third-order valence-corrected chi connectivity index (χ3v) is 2.73. The number of hydrogen-bond donors (Lipinski definition) is 1. The summed E-state index contributed by atoms with van der Waals surface area (Å²) in [5.41, 5.74) is 5.67. The number of nitrogens with zero attached hydrogens (tertiary/aromatic N) is 3. The maximum atomic E-state index is 11.5. The van der Waals surface area contributed by atoms with Crippen LogP contribution in [0.2, 0.25) is 5.15 Å². The average Bonchev–Trinajstić information content (AvgIpc) is 2.45. The molecule has 1 aromatic heterocycles. The lowest BCUT2D eigenvalue weighted by molar-refractivity contribution is -0.117. The molecular weight excluding hydrogens is 283 g/mol. The number of hydrogen-bond acceptors (Lipinski definition) is 4. The molecule has 0 spiro atoms. The van der Waals surface area contributed by atoms with Crippen molar-refractivity contribution in [1.82, 2.24) is 9.97 Å². The van der Waals surface area contributed by atoms with Crippen molar-refractivity contribution in [2.45, 2.75) is 12.5 Å². The van der Waals surface area contributed by atoms with E-state index in [1.165, 1.54) is 11.1 Å². The molecule has 2 heterocycles. The molecule has 1 unspecified atom stereocenters. The predicted octanol–water partition coefficient (Wildman–Crippen LogP) is 0.956. The van der Waals surface area contributed by atoms with Gasteiger partial charge in [0, 0.05) is 19.0 Å². The zero-order chi connectivity index (χ0) is 11.0. The van der Waals surface area contributed by atoms with Crippen molar-refractivity contribution in [3.63, 3.8) is 0 Å². The van der Waals surface area contributed by atoms with Gasteiger partial charge in [-0.2, -0.15) is 0 Å². The molecule has 1 aliphatic heterocycles. The largest absolute Gasteiger partial charge is 0.326 e. The first-order valence-electron chi connectivity index (χ1n) is 4.32. The molecule has 0 aromatic carbocycles. The lowest BCUT2D eigenvalue weighted by atomic mass is 10.3. The fraction of sp³-hybridized carbons (Fsp3) is 0.375. The van der Waals surface area contributed by atoms with E-state index in [-0.39, 0.29) is 17.1 Å². The highest BCUT2D eigenvalue weighted by atomic mass is 79.9. The van der Waals surface area contributed by atoms with Crippen molar-refractivity contribution in [2.75, 3.05) is 11.4 Å². The van der Waals surface area contributed by atoms with Crippen LogP contribution in [0.1, 0.15) is 6.42 Å². The number of rotatable bonds is 1. The van der Waals surface area contributed by atoms with Crippen LogP contribution in [-0.4, -0.2) is 28.5 Å². The highest BCUT2D eigenvalue weighted by Crippen LogP contribution is 2.26. The average molecular weight is 292 g/mol. The molecule has 2 N–H and O–H groups in total. The maximum absolute atomic E-state index is 11.5. The standard InChI is InChI=1S/C8H8BrClN4O/c9-5-2-12-8(7(10)13-5)14-3-4(11)1-6(14)15/h2,4H,1,3,11H2. The Kier molecular flexibility index (Phi) is 2.90. The van der Waals surface area contributed by atoms with Crippen LogP contribution in [0.15, 0.2) is 10.8 Å². The Hall–Kier alpha value is -0.720. The molecule has 0 saturated carbocycles. The number of anilines is 1. The lowest BCUT2D eigenvalue weighted by Gasteiger charge is -2.15. The van der Waals surface area contributed by atoms with Crippen molar-refractivity contribution >= 4 is 39.3 Å². The number of carbonyl (C=O) groups excluding carboxylic acids is 1. The van der Waals surface area contributed by atoms with Crippen LogP contribution in [0, 0.1) is 0 Å². The second-order valence-electron chi connectivity index (χ2n) is 3.28. The first-order valence-corrected chi connectivity index (χ1v) is 5.49. The normalized spacial score (nSPS) is 21.1. The van der Waals surface area contributed by atoms with Gasteiger partial charge in [-0.1, -0.05) is 11.6 Å². The van der Waals surface area contributed by atoms with Gasteiger partial charge >= 0.3 is 0 Å². The minimum absolute atomic E-state index is 0.0685. The molecule has 0 radical (unpaired) electrons. The molecule has 1 saturated heterocycles. The molecule has 2 rings (SSSR count). The minimum Gasteiger partial charge on any atom is -0.326 e. The summed E-state index contributed by atoms with van der Waals surface area (Å²) in [6.07, 6.45) is 1.83. The molecule has 15 heavy (non-hydrogen) atoms. The topological polar surface area (TPSA) is 72.1 Å². The Morgan fingerprint density at radius 1 is 1.67 bits per heavy atom. The van der Waals surface area contributed by atoms with Gasteiger partial charge in [0.1, 0.15) is 4.60 Å². The lowest BCUT2D eigenvalue weighted by Crippen LogP contribution is -2.29. The second-order valence-corrected chi connectivity index (χ2v) is 4.45. The van der Waals surface area contributed by atoms with E-state index < -0.39 is 0 Å². The first-order chi connectivity index (χ1) is 7.08. The number of amides is 1. The monoisotopic (exact) mass is 290 g/mol. The Labute approximate surface area is 99.8 Å². The quantitative estimate of drug-likeness (QED) is 0.836. The molecule has 1 aliphatic rings. The van der Waals surface area contributed by atoms with E-state index in [1.807, 2.05) is 0 Å². The Bertz CT molecular complexity index is 414. The predicted molar refractivity (Wildman–Crippen MR) is 59.7 cm³/mol. The molecule has 1 aromatic rings. The highest BCUT2D eigenvalue weighted by Gasteiger charge is 2.30. The molecule has 0 aliphatic carbocycles. The summed E-state index contributed by atoms with van der Waals surface area (Å²) in [5.74, 6) is 0.304. The molecule has 1 atom stereocenters. The Balaban J connectivity index is 2.34. The highest BCUT2D eigenvalue weighted by molar-refractivity contribution is 9.10. The van der Waals surface area contributed by atoms with Gasteiger partial charge in [0.15, 0.2) is 11.0 Å². The van der Waals surface area contributed by atoms with E-state index in [2.05, 4.69) is 25.9 Å². The van der Waals surface area contributed by atoms with E-state index in [0.29, 0.717) is 23.4 Å². The van der Waals surface area contributed by atoms with Crippen LogP contribution in [0.5, 0.6) is 0 Å². The molecule has 0 bridgehead atoms. The number of carbonyl (C=O) groups is 1. The van der Waals surface area contributed by atoms with Gasteiger partial charge in [0.2, 0.25) is 5.91 Å². The van der Waals surface area contributed by atoms with Crippen LogP contribution in [0.4, 0.5) is 5.82 Å². The van der Waals surface area contributed by atoms with Crippen molar-refractivity contribution in [3.05, 3.63) is 16.0 Å². The number of aromatic nitrogens is 2. The van der Waals surface area contributed by atoms with Gasteiger partial charge < -0.3 is 5.73 Å². The van der Waals surface area contributed by atoms with Gasteiger partial charge in [-0.3, -0.25) is 9.69 Å². The fourth-order valence-electron chi connectivity index (χ4n) is 1.46. The third kappa shape index (κ3) is 2.11. The van der Waals surface area contributed by atoms with E-state index in [1.54, 1.807) is 0 Å². The van der Waals surface area contributed by atoms with Crippen LogP contribution in [-0.2, 0) is 4.79 Å². The van der Waals surface area contributed by atoms with Gasteiger partial charge in [0.25, 0.3) is 0 Å². The molecule has 1 fully saturated rings. The second kappa shape index (κ2) is 4.03. The van der Waals surface area contributed by atoms with Gasteiger partial charge in [-0.15, -0.1) is 0 Å².